The van der Waals surface area contributed by atoms with Gasteiger partial charge < -0.3 is 15.6 Å². The van der Waals surface area contributed by atoms with E-state index in [1.807, 2.05) is 0 Å². The van der Waals surface area contributed by atoms with Gasteiger partial charge in [0.1, 0.15) is 5.78 Å². The molecule has 3 saturated carbocycles. The largest absolute Gasteiger partial charge is 0.387 e. The van der Waals surface area contributed by atoms with E-state index >= 15 is 0 Å². The third-order valence-electron chi connectivity index (χ3n) is 8.74. The lowest BCUT2D eigenvalue weighted by Crippen LogP contribution is -2.64. The number of Topliss-reactive ketones (excluding diaryl/α,β-unsaturated/α-hetero) is 1. The zero-order valence-corrected chi connectivity index (χ0v) is 18.3. The van der Waals surface area contributed by atoms with Crippen LogP contribution in [0.15, 0.2) is 11.6 Å². The summed E-state index contributed by atoms with van der Waals surface area (Å²) in [6.45, 7) is 2.74. The number of carbonyl (C=O) groups is 1. The predicted molar refractivity (Wildman–Crippen MR) is 110 cm³/mol. The van der Waals surface area contributed by atoms with Gasteiger partial charge in [-0.3, -0.25) is 4.79 Å². The number of methoxy groups -OCH3 is 1. The average molecular weight is 440 g/mol. The van der Waals surface area contributed by atoms with Crippen LogP contribution in [0.5, 0.6) is 0 Å². The first-order chi connectivity index (χ1) is 12.8. The molecule has 0 saturated heterocycles. The van der Waals surface area contributed by atoms with Crippen LogP contribution in [0.1, 0.15) is 58.3 Å². The maximum Gasteiger partial charge on any atom is 0.147 e. The van der Waals surface area contributed by atoms with Crippen molar-refractivity contribution in [3.63, 3.8) is 0 Å². The van der Waals surface area contributed by atoms with Gasteiger partial charge in [0.15, 0.2) is 0 Å². The van der Waals surface area contributed by atoms with Crippen LogP contribution in [-0.4, -0.2) is 41.1 Å². The fourth-order valence-electron chi connectivity index (χ4n) is 7.54. The molecule has 4 rings (SSSR count). The zero-order chi connectivity index (χ0) is 19.4. The molecule has 4 aliphatic rings. The summed E-state index contributed by atoms with van der Waals surface area (Å²) in [6, 6.07) is 0. The van der Waals surface area contributed by atoms with Gasteiger partial charge >= 0.3 is 0 Å². The standard InChI is InChI=1S/C22H34BrNO3/c1-20-8-7-16-15-6-9-21(26,13-27-2)11-14(15)5-10-22(16,24)19(20)4-3-17(20)18(25)12-23/h5,15-17,19,26H,3-4,6-13,24H2,1-2H3/t15?,16-,17-,19-,20-,21-,22?/m1/s1. The normalized spacial score (nSPS) is 49.0. The Hall–Kier alpha value is -0.230. The second-order valence-electron chi connectivity index (χ2n) is 10.0. The molecule has 7 atom stereocenters. The van der Waals surface area contributed by atoms with Gasteiger partial charge in [-0.2, -0.15) is 0 Å². The average Bonchev–Trinajstić information content (AvgIpc) is 2.99. The number of fused-ring (bicyclic) bond motifs is 5. The van der Waals surface area contributed by atoms with Crippen molar-refractivity contribution < 1.29 is 14.6 Å². The summed E-state index contributed by atoms with van der Waals surface area (Å²) in [6.07, 6.45) is 10.0. The van der Waals surface area contributed by atoms with E-state index in [2.05, 4.69) is 28.9 Å². The summed E-state index contributed by atoms with van der Waals surface area (Å²) in [5.74, 6) is 1.93. The molecule has 0 aliphatic heterocycles. The van der Waals surface area contributed by atoms with Crippen LogP contribution in [0.25, 0.3) is 0 Å². The van der Waals surface area contributed by atoms with Gasteiger partial charge in [0.05, 0.1) is 17.5 Å². The van der Waals surface area contributed by atoms with Crippen molar-refractivity contribution in [1.82, 2.24) is 0 Å². The molecule has 3 fully saturated rings. The molecule has 0 aromatic heterocycles. The molecule has 2 unspecified atom stereocenters. The fraction of sp³-hybridized carbons (Fsp3) is 0.864. The van der Waals surface area contributed by atoms with Gasteiger partial charge in [-0.05, 0) is 74.5 Å². The highest BCUT2D eigenvalue weighted by molar-refractivity contribution is 9.09. The van der Waals surface area contributed by atoms with Gasteiger partial charge in [-0.1, -0.05) is 34.5 Å². The molecule has 0 radical (unpaired) electrons. The Morgan fingerprint density at radius 1 is 1.33 bits per heavy atom. The summed E-state index contributed by atoms with van der Waals surface area (Å²) in [7, 11) is 1.66. The molecule has 0 spiro atoms. The van der Waals surface area contributed by atoms with Crippen molar-refractivity contribution in [2.45, 2.75) is 69.4 Å². The van der Waals surface area contributed by atoms with Gasteiger partial charge in [0, 0.05) is 18.6 Å². The topological polar surface area (TPSA) is 72.6 Å². The lowest BCUT2D eigenvalue weighted by Gasteiger charge is -2.59. The number of hydrogen-bond acceptors (Lipinski definition) is 4. The van der Waals surface area contributed by atoms with Gasteiger partial charge in [-0.25, -0.2) is 0 Å². The number of ether oxygens (including phenoxy) is 1. The molecule has 5 heteroatoms. The molecule has 27 heavy (non-hydrogen) atoms. The van der Waals surface area contributed by atoms with E-state index in [1.165, 1.54) is 5.57 Å². The summed E-state index contributed by atoms with van der Waals surface area (Å²) < 4.78 is 5.27. The maximum atomic E-state index is 12.6. The molecule has 4 aliphatic carbocycles. The van der Waals surface area contributed by atoms with E-state index in [1.54, 1.807) is 7.11 Å². The van der Waals surface area contributed by atoms with Gasteiger partial charge in [0.2, 0.25) is 0 Å². The number of rotatable bonds is 4. The Labute approximate surface area is 171 Å². The van der Waals surface area contributed by atoms with Crippen LogP contribution in [0.2, 0.25) is 0 Å². The molecule has 152 valence electrons. The van der Waals surface area contributed by atoms with Crippen molar-refractivity contribution in [3.8, 4) is 0 Å². The Balaban J connectivity index is 1.61. The highest BCUT2D eigenvalue weighted by atomic mass is 79.9. The summed E-state index contributed by atoms with van der Waals surface area (Å²) in [5, 5.41) is 11.3. The molecule has 3 N–H and O–H groups in total. The monoisotopic (exact) mass is 439 g/mol. The fourth-order valence-corrected chi connectivity index (χ4v) is 7.93. The van der Waals surface area contributed by atoms with Crippen LogP contribution in [-0.2, 0) is 9.53 Å². The first kappa shape index (κ1) is 20.1. The molecular formula is C22H34BrNO3. The van der Waals surface area contributed by atoms with Gasteiger partial charge in [0.25, 0.3) is 0 Å². The van der Waals surface area contributed by atoms with Crippen molar-refractivity contribution in [3.05, 3.63) is 11.6 Å². The van der Waals surface area contributed by atoms with Crippen LogP contribution in [0, 0.1) is 29.1 Å². The quantitative estimate of drug-likeness (QED) is 0.518. The van der Waals surface area contributed by atoms with E-state index < -0.39 is 5.60 Å². The van der Waals surface area contributed by atoms with Crippen LogP contribution >= 0.6 is 15.9 Å². The summed E-state index contributed by atoms with van der Waals surface area (Å²) in [5.41, 5.74) is 7.76. The van der Waals surface area contributed by atoms with Crippen LogP contribution in [0.3, 0.4) is 0 Å². The number of aliphatic hydroxyl groups is 1. The first-order valence-electron chi connectivity index (χ1n) is 10.6. The third kappa shape index (κ3) is 2.99. The Morgan fingerprint density at radius 3 is 2.81 bits per heavy atom. The molecule has 0 heterocycles. The highest BCUT2D eigenvalue weighted by Crippen LogP contribution is 2.64. The number of alkyl halides is 1. The number of halogens is 1. The Bertz CT molecular complexity index is 651. The predicted octanol–water partition coefficient (Wildman–Crippen LogP) is 3.60. The maximum absolute atomic E-state index is 12.6. The number of nitrogens with two attached hydrogens (primary N) is 1. The van der Waals surface area contributed by atoms with Crippen LogP contribution in [0.4, 0.5) is 0 Å². The van der Waals surface area contributed by atoms with E-state index in [0.717, 1.165) is 51.4 Å². The summed E-state index contributed by atoms with van der Waals surface area (Å²) in [4.78, 5) is 12.6. The van der Waals surface area contributed by atoms with Crippen molar-refractivity contribution >= 4 is 21.7 Å². The zero-order valence-electron chi connectivity index (χ0n) is 16.7. The minimum Gasteiger partial charge on any atom is -0.387 e. The second kappa shape index (κ2) is 6.93. The third-order valence-corrected chi connectivity index (χ3v) is 9.29. The van der Waals surface area contributed by atoms with Crippen molar-refractivity contribution in [1.29, 1.82) is 0 Å². The number of hydrogen-bond donors (Lipinski definition) is 2. The Morgan fingerprint density at radius 2 is 2.11 bits per heavy atom. The minimum atomic E-state index is -0.713. The smallest absolute Gasteiger partial charge is 0.147 e. The highest BCUT2D eigenvalue weighted by Gasteiger charge is 2.62. The molecule has 0 bridgehead atoms. The molecule has 0 aromatic rings. The van der Waals surface area contributed by atoms with E-state index in [9.17, 15) is 9.90 Å². The lowest BCUT2D eigenvalue weighted by atomic mass is 9.48. The lowest BCUT2D eigenvalue weighted by molar-refractivity contribution is -0.127. The number of ketones is 1. The minimum absolute atomic E-state index is 0.0485. The first-order valence-corrected chi connectivity index (χ1v) is 11.7. The number of carbonyl (C=O) groups excluding carboxylic acids is 1. The molecule has 4 nitrogen and oxygen atoms in total. The molecule has 0 amide bonds. The van der Waals surface area contributed by atoms with E-state index in [4.69, 9.17) is 10.5 Å². The van der Waals surface area contributed by atoms with E-state index in [0.29, 0.717) is 35.5 Å². The Kier molecular flexibility index (Phi) is 5.15. The summed E-state index contributed by atoms with van der Waals surface area (Å²) >= 11 is 3.39. The second-order valence-corrected chi connectivity index (χ2v) is 10.6. The van der Waals surface area contributed by atoms with Crippen LogP contribution < -0.4 is 5.73 Å². The van der Waals surface area contributed by atoms with Crippen molar-refractivity contribution in [2.24, 2.45) is 34.8 Å². The molecule has 0 aromatic carbocycles. The van der Waals surface area contributed by atoms with Gasteiger partial charge in [-0.15, -0.1) is 0 Å². The van der Waals surface area contributed by atoms with E-state index in [-0.39, 0.29) is 16.9 Å². The van der Waals surface area contributed by atoms with Crippen molar-refractivity contribution in [2.75, 3.05) is 19.0 Å². The SMILES string of the molecule is COC[C@@]1(O)CCC2C(=CCC3(N)[C@@H]2CC[C@]2(C)[C@@H](C(=O)CBr)CC[C@@H]32)C1. The molecular weight excluding hydrogens is 406 g/mol.